The van der Waals surface area contributed by atoms with Crippen LogP contribution in [0, 0.1) is 11.8 Å². The molecule has 2 aromatic carbocycles. The molecule has 2 heteroatoms. The molecular formula is C23H24O2. The van der Waals surface area contributed by atoms with Crippen LogP contribution in [0.3, 0.4) is 0 Å². The summed E-state index contributed by atoms with van der Waals surface area (Å²) in [5.41, 5.74) is 3.17. The van der Waals surface area contributed by atoms with Crippen LogP contribution in [0.25, 0.3) is 0 Å². The highest BCUT2D eigenvalue weighted by molar-refractivity contribution is 6.01. The largest absolute Gasteiger partial charge is 0.299 e. The topological polar surface area (TPSA) is 34.1 Å². The first-order valence-corrected chi connectivity index (χ1v) is 9.45. The number of carbonyl (C=O) groups is 2. The minimum absolute atomic E-state index is 0.00429. The van der Waals surface area contributed by atoms with Crippen molar-refractivity contribution in [2.75, 3.05) is 0 Å². The Morgan fingerprint density at radius 2 is 1.52 bits per heavy atom. The van der Waals surface area contributed by atoms with Crippen molar-refractivity contribution < 1.29 is 9.59 Å². The van der Waals surface area contributed by atoms with Crippen molar-refractivity contribution in [3.05, 3.63) is 71.3 Å². The lowest BCUT2D eigenvalue weighted by atomic mass is 9.65. The van der Waals surface area contributed by atoms with Crippen molar-refractivity contribution in [1.82, 2.24) is 0 Å². The van der Waals surface area contributed by atoms with Gasteiger partial charge in [0.15, 0.2) is 5.78 Å². The lowest BCUT2D eigenvalue weighted by Gasteiger charge is -2.37. The minimum atomic E-state index is -0.0793. The van der Waals surface area contributed by atoms with Gasteiger partial charge in [0.2, 0.25) is 0 Å². The summed E-state index contributed by atoms with van der Waals surface area (Å²) in [6, 6.07) is 18.2. The number of hydrogen-bond donors (Lipinski definition) is 0. The molecule has 1 saturated carbocycles. The molecule has 0 radical (unpaired) electrons. The summed E-state index contributed by atoms with van der Waals surface area (Å²) in [6.45, 7) is 0. The second-order valence-corrected chi connectivity index (χ2v) is 7.42. The lowest BCUT2D eigenvalue weighted by molar-refractivity contribution is -0.125. The van der Waals surface area contributed by atoms with E-state index in [2.05, 4.69) is 18.2 Å². The number of hydrogen-bond acceptors (Lipinski definition) is 2. The van der Waals surface area contributed by atoms with Crippen LogP contribution in [0.15, 0.2) is 54.6 Å². The molecule has 1 fully saturated rings. The number of ketones is 2. The van der Waals surface area contributed by atoms with E-state index in [0.29, 0.717) is 12.2 Å². The Labute approximate surface area is 149 Å². The van der Waals surface area contributed by atoms with Gasteiger partial charge in [0.05, 0.1) is 0 Å². The van der Waals surface area contributed by atoms with Crippen LogP contribution >= 0.6 is 0 Å². The zero-order valence-electron chi connectivity index (χ0n) is 14.5. The van der Waals surface area contributed by atoms with Crippen LogP contribution in [-0.4, -0.2) is 11.6 Å². The molecule has 3 atom stereocenters. The second kappa shape index (κ2) is 6.95. The molecule has 0 bridgehead atoms. The molecule has 0 spiro atoms. The first-order chi connectivity index (χ1) is 12.3. The second-order valence-electron chi connectivity index (χ2n) is 7.42. The van der Waals surface area contributed by atoms with E-state index in [1.807, 2.05) is 36.4 Å². The predicted molar refractivity (Wildman–Crippen MR) is 98.7 cm³/mol. The van der Waals surface area contributed by atoms with E-state index in [9.17, 15) is 9.59 Å². The van der Waals surface area contributed by atoms with Crippen molar-refractivity contribution in [3.63, 3.8) is 0 Å². The standard InChI is InChI=1S/C23H24O2/c24-21-13-7-6-12-19(21)22(17-9-2-1-3-10-17)20-15-14-16-8-4-5-11-18(16)23(20)25/h1-5,8-11,19-20,22H,6-7,12-15H2. The Morgan fingerprint density at radius 3 is 2.32 bits per heavy atom. The summed E-state index contributed by atoms with van der Waals surface area (Å²) in [6.07, 6.45) is 5.46. The summed E-state index contributed by atoms with van der Waals surface area (Å²) >= 11 is 0. The molecule has 2 aromatic rings. The molecule has 0 heterocycles. The first-order valence-electron chi connectivity index (χ1n) is 9.45. The molecule has 128 valence electrons. The minimum Gasteiger partial charge on any atom is -0.299 e. The molecule has 2 nitrogen and oxygen atoms in total. The number of rotatable bonds is 3. The van der Waals surface area contributed by atoms with Gasteiger partial charge in [-0.25, -0.2) is 0 Å². The number of benzene rings is 2. The number of Topliss-reactive ketones (excluding diaryl/α,β-unsaturated/α-hetero) is 2. The van der Waals surface area contributed by atoms with E-state index in [4.69, 9.17) is 0 Å². The summed E-state index contributed by atoms with van der Waals surface area (Å²) < 4.78 is 0. The SMILES string of the molecule is O=C1CCCCC1C(c1ccccc1)C1CCc2ccccc2C1=O. The average molecular weight is 332 g/mol. The smallest absolute Gasteiger partial charge is 0.166 e. The van der Waals surface area contributed by atoms with Crippen LogP contribution in [0.1, 0.15) is 59.5 Å². The van der Waals surface area contributed by atoms with Gasteiger partial charge in [0.1, 0.15) is 5.78 Å². The van der Waals surface area contributed by atoms with Gasteiger partial charge in [-0.3, -0.25) is 9.59 Å². The van der Waals surface area contributed by atoms with Crippen LogP contribution < -0.4 is 0 Å². The van der Waals surface area contributed by atoms with E-state index in [1.54, 1.807) is 0 Å². The fraction of sp³-hybridized carbons (Fsp3) is 0.391. The zero-order chi connectivity index (χ0) is 17.2. The maximum absolute atomic E-state index is 13.3. The van der Waals surface area contributed by atoms with Crippen molar-refractivity contribution in [2.45, 2.75) is 44.4 Å². The Morgan fingerprint density at radius 1 is 0.760 bits per heavy atom. The third-order valence-electron chi connectivity index (χ3n) is 6.00. The van der Waals surface area contributed by atoms with Crippen molar-refractivity contribution in [1.29, 1.82) is 0 Å². The van der Waals surface area contributed by atoms with Crippen LogP contribution in [-0.2, 0) is 11.2 Å². The molecule has 25 heavy (non-hydrogen) atoms. The van der Waals surface area contributed by atoms with E-state index < -0.39 is 0 Å². The quantitative estimate of drug-likeness (QED) is 0.795. The van der Waals surface area contributed by atoms with Gasteiger partial charge < -0.3 is 0 Å². The van der Waals surface area contributed by atoms with Gasteiger partial charge in [0, 0.05) is 29.7 Å². The highest BCUT2D eigenvalue weighted by atomic mass is 16.1. The van der Waals surface area contributed by atoms with Crippen molar-refractivity contribution >= 4 is 11.6 Å². The fourth-order valence-corrected chi connectivity index (χ4v) is 4.77. The van der Waals surface area contributed by atoms with E-state index in [0.717, 1.165) is 48.8 Å². The highest BCUT2D eigenvalue weighted by Crippen LogP contribution is 2.43. The van der Waals surface area contributed by atoms with E-state index >= 15 is 0 Å². The maximum Gasteiger partial charge on any atom is 0.166 e. The first kappa shape index (κ1) is 16.3. The maximum atomic E-state index is 13.3. The molecule has 2 aliphatic carbocycles. The van der Waals surface area contributed by atoms with Gasteiger partial charge in [-0.1, -0.05) is 61.0 Å². The van der Waals surface area contributed by atoms with Crippen LogP contribution in [0.5, 0.6) is 0 Å². The normalized spacial score (nSPS) is 24.6. The van der Waals surface area contributed by atoms with Gasteiger partial charge >= 0.3 is 0 Å². The average Bonchev–Trinajstić information content (AvgIpc) is 2.66. The molecule has 0 aliphatic heterocycles. The summed E-state index contributed by atoms with van der Waals surface area (Å²) in [5, 5.41) is 0. The molecule has 0 aromatic heterocycles. The van der Waals surface area contributed by atoms with Gasteiger partial charge in [-0.05, 0) is 36.8 Å². The van der Waals surface area contributed by atoms with E-state index in [1.165, 1.54) is 0 Å². The summed E-state index contributed by atoms with van der Waals surface area (Å²) in [5.74, 6) is 0.524. The molecule has 3 unspecified atom stereocenters. The third-order valence-corrected chi connectivity index (χ3v) is 6.00. The molecule has 0 N–H and O–H groups in total. The molecule has 4 rings (SSSR count). The van der Waals surface area contributed by atoms with Gasteiger partial charge in [-0.15, -0.1) is 0 Å². The highest BCUT2D eigenvalue weighted by Gasteiger charge is 2.41. The van der Waals surface area contributed by atoms with Gasteiger partial charge in [0.25, 0.3) is 0 Å². The Hall–Kier alpha value is -2.22. The predicted octanol–water partition coefficient (Wildman–Crippen LogP) is 4.97. The Kier molecular flexibility index (Phi) is 4.52. The molecular weight excluding hydrogens is 308 g/mol. The number of aryl methyl sites for hydroxylation is 1. The van der Waals surface area contributed by atoms with Crippen LogP contribution in [0.4, 0.5) is 0 Å². The number of fused-ring (bicyclic) bond motifs is 1. The summed E-state index contributed by atoms with van der Waals surface area (Å²) in [7, 11) is 0. The molecule has 0 saturated heterocycles. The van der Waals surface area contributed by atoms with Crippen molar-refractivity contribution in [2.24, 2.45) is 11.8 Å². The molecule has 0 amide bonds. The Balaban J connectivity index is 1.74. The van der Waals surface area contributed by atoms with Crippen molar-refractivity contribution in [3.8, 4) is 0 Å². The van der Waals surface area contributed by atoms with Gasteiger partial charge in [-0.2, -0.15) is 0 Å². The monoisotopic (exact) mass is 332 g/mol. The lowest BCUT2D eigenvalue weighted by Crippen LogP contribution is -2.36. The Bertz CT molecular complexity index is 778. The zero-order valence-corrected chi connectivity index (χ0v) is 14.5. The fourth-order valence-electron chi connectivity index (χ4n) is 4.77. The van der Waals surface area contributed by atoms with E-state index in [-0.39, 0.29) is 23.5 Å². The number of carbonyl (C=O) groups excluding carboxylic acids is 2. The summed E-state index contributed by atoms with van der Waals surface area (Å²) in [4.78, 5) is 26.0. The third kappa shape index (κ3) is 3.06. The molecule has 2 aliphatic rings. The van der Waals surface area contributed by atoms with Crippen LogP contribution in [0.2, 0.25) is 0 Å².